The minimum atomic E-state index is 0. The number of rotatable bonds is 0. The standard InChI is InChI=1S/C11H10.ClH/c1-2-6-10-8-4-5-9-11(10)7-3-1;/h1-8H,9H2;1H. The molecule has 0 saturated carbocycles. The molecular formula is C11H11Cl. The molecule has 0 aromatic carbocycles. The van der Waals surface area contributed by atoms with Crippen LogP contribution in [0.3, 0.4) is 0 Å². The summed E-state index contributed by atoms with van der Waals surface area (Å²) in [7, 11) is 0. The summed E-state index contributed by atoms with van der Waals surface area (Å²) in [6.07, 6.45) is 18.1. The second-order valence-corrected chi connectivity index (χ2v) is 2.69. The summed E-state index contributed by atoms with van der Waals surface area (Å²) in [6.45, 7) is 0. The highest BCUT2D eigenvalue weighted by molar-refractivity contribution is 5.85. The third-order valence-corrected chi connectivity index (χ3v) is 1.92. The van der Waals surface area contributed by atoms with Gasteiger partial charge >= 0.3 is 0 Å². The number of hydrogen-bond acceptors (Lipinski definition) is 0. The lowest BCUT2D eigenvalue weighted by Crippen LogP contribution is -1.87. The predicted octanol–water partition coefficient (Wildman–Crippen LogP) is 3.35. The second-order valence-electron chi connectivity index (χ2n) is 2.69. The molecule has 0 fully saturated rings. The van der Waals surface area contributed by atoms with Gasteiger partial charge in [-0.2, -0.15) is 0 Å². The maximum Gasteiger partial charge on any atom is -0.00884 e. The van der Waals surface area contributed by atoms with Crippen molar-refractivity contribution in [2.24, 2.45) is 0 Å². The van der Waals surface area contributed by atoms with Gasteiger partial charge in [0.05, 0.1) is 0 Å². The molecule has 0 atom stereocenters. The van der Waals surface area contributed by atoms with E-state index in [1.165, 1.54) is 11.1 Å². The molecule has 2 rings (SSSR count). The summed E-state index contributed by atoms with van der Waals surface area (Å²) in [6, 6.07) is 0. The Balaban J connectivity index is 0.000000720. The van der Waals surface area contributed by atoms with Gasteiger partial charge < -0.3 is 0 Å². The van der Waals surface area contributed by atoms with Crippen LogP contribution in [-0.2, 0) is 0 Å². The minimum absolute atomic E-state index is 0. The quantitative estimate of drug-likeness (QED) is 0.534. The van der Waals surface area contributed by atoms with Crippen molar-refractivity contribution in [3.05, 3.63) is 59.8 Å². The summed E-state index contributed by atoms with van der Waals surface area (Å²) in [4.78, 5) is 0. The van der Waals surface area contributed by atoms with Crippen LogP contribution in [0.5, 0.6) is 0 Å². The number of allylic oxidation sites excluding steroid dienone is 10. The molecule has 0 bridgehead atoms. The molecule has 0 spiro atoms. The van der Waals surface area contributed by atoms with Crippen LogP contribution < -0.4 is 0 Å². The van der Waals surface area contributed by atoms with Crippen molar-refractivity contribution in [1.29, 1.82) is 0 Å². The molecule has 12 heavy (non-hydrogen) atoms. The van der Waals surface area contributed by atoms with E-state index in [9.17, 15) is 0 Å². The van der Waals surface area contributed by atoms with Crippen molar-refractivity contribution in [1.82, 2.24) is 0 Å². The average Bonchev–Trinajstić information content (AvgIpc) is 2.28. The molecular weight excluding hydrogens is 168 g/mol. The summed E-state index contributed by atoms with van der Waals surface area (Å²) in [5, 5.41) is 0. The van der Waals surface area contributed by atoms with Gasteiger partial charge in [0.25, 0.3) is 0 Å². The van der Waals surface area contributed by atoms with Gasteiger partial charge in [-0.15, -0.1) is 12.4 Å². The van der Waals surface area contributed by atoms with Crippen LogP contribution in [0, 0.1) is 0 Å². The SMILES string of the molecule is C1=CC=C2CC=CC=C2C=C1.Cl. The van der Waals surface area contributed by atoms with E-state index in [-0.39, 0.29) is 12.4 Å². The van der Waals surface area contributed by atoms with E-state index in [0.717, 1.165) is 6.42 Å². The van der Waals surface area contributed by atoms with E-state index in [1.54, 1.807) is 0 Å². The summed E-state index contributed by atoms with van der Waals surface area (Å²) in [5.41, 5.74) is 2.76. The van der Waals surface area contributed by atoms with Gasteiger partial charge in [-0.1, -0.05) is 48.6 Å². The van der Waals surface area contributed by atoms with E-state index < -0.39 is 0 Å². The highest BCUT2D eigenvalue weighted by Gasteiger charge is 2.02. The maximum atomic E-state index is 2.18. The molecule has 2 aliphatic carbocycles. The zero-order valence-corrected chi connectivity index (χ0v) is 7.55. The molecule has 0 unspecified atom stereocenters. The third kappa shape index (κ3) is 1.77. The molecule has 0 aromatic rings. The van der Waals surface area contributed by atoms with Crippen LogP contribution in [0.15, 0.2) is 59.8 Å². The van der Waals surface area contributed by atoms with Crippen LogP contribution >= 0.6 is 12.4 Å². The molecule has 1 heteroatoms. The smallest absolute Gasteiger partial charge is 0.00884 e. The maximum absolute atomic E-state index is 2.18. The highest BCUT2D eigenvalue weighted by atomic mass is 35.5. The molecule has 0 radical (unpaired) electrons. The Morgan fingerprint density at radius 1 is 0.917 bits per heavy atom. The molecule has 2 aliphatic rings. The molecule has 0 heterocycles. The van der Waals surface area contributed by atoms with E-state index in [0.29, 0.717) is 0 Å². The first-order valence-electron chi connectivity index (χ1n) is 3.88. The van der Waals surface area contributed by atoms with Gasteiger partial charge in [-0.05, 0) is 17.6 Å². The summed E-state index contributed by atoms with van der Waals surface area (Å²) < 4.78 is 0. The van der Waals surface area contributed by atoms with Gasteiger partial charge in [0.2, 0.25) is 0 Å². The fourth-order valence-electron chi connectivity index (χ4n) is 1.31. The first kappa shape index (κ1) is 9.08. The predicted molar refractivity (Wildman–Crippen MR) is 55.5 cm³/mol. The Labute approximate surface area is 79.1 Å². The lowest BCUT2D eigenvalue weighted by molar-refractivity contribution is 1.22. The average molecular weight is 179 g/mol. The highest BCUT2D eigenvalue weighted by Crippen LogP contribution is 2.21. The topological polar surface area (TPSA) is 0 Å². The zero-order valence-electron chi connectivity index (χ0n) is 6.73. The second kappa shape index (κ2) is 4.13. The lowest BCUT2D eigenvalue weighted by atomic mass is 9.98. The monoisotopic (exact) mass is 178 g/mol. The van der Waals surface area contributed by atoms with Crippen molar-refractivity contribution >= 4 is 12.4 Å². The Morgan fingerprint density at radius 3 is 2.75 bits per heavy atom. The van der Waals surface area contributed by atoms with E-state index >= 15 is 0 Å². The van der Waals surface area contributed by atoms with E-state index in [1.807, 2.05) is 0 Å². The van der Waals surface area contributed by atoms with Gasteiger partial charge in [-0.3, -0.25) is 0 Å². The van der Waals surface area contributed by atoms with Crippen LogP contribution in [0.4, 0.5) is 0 Å². The first-order valence-corrected chi connectivity index (χ1v) is 3.88. The molecule has 0 aliphatic heterocycles. The van der Waals surface area contributed by atoms with Gasteiger partial charge in [0.1, 0.15) is 0 Å². The largest absolute Gasteiger partial charge is 0.147 e. The van der Waals surface area contributed by atoms with Crippen molar-refractivity contribution in [2.45, 2.75) is 6.42 Å². The zero-order chi connectivity index (χ0) is 7.52. The Hall–Kier alpha value is -1.01. The normalized spacial score (nSPS) is 18.7. The van der Waals surface area contributed by atoms with Crippen molar-refractivity contribution in [3.8, 4) is 0 Å². The van der Waals surface area contributed by atoms with E-state index in [2.05, 4.69) is 48.6 Å². The van der Waals surface area contributed by atoms with Crippen LogP contribution in [-0.4, -0.2) is 0 Å². The molecule has 0 N–H and O–H groups in total. The molecule has 0 amide bonds. The molecule has 0 nitrogen and oxygen atoms in total. The lowest BCUT2D eigenvalue weighted by Gasteiger charge is -2.07. The van der Waals surface area contributed by atoms with Crippen molar-refractivity contribution in [2.75, 3.05) is 0 Å². The molecule has 0 saturated heterocycles. The fraction of sp³-hybridized carbons (Fsp3) is 0.0909. The summed E-state index contributed by atoms with van der Waals surface area (Å²) >= 11 is 0. The number of hydrogen-bond donors (Lipinski definition) is 0. The van der Waals surface area contributed by atoms with E-state index in [4.69, 9.17) is 0 Å². The third-order valence-electron chi connectivity index (χ3n) is 1.92. The van der Waals surface area contributed by atoms with Gasteiger partial charge in [-0.25, -0.2) is 0 Å². The Kier molecular flexibility index (Phi) is 3.12. The number of fused-ring (bicyclic) bond motifs is 1. The Morgan fingerprint density at radius 2 is 1.83 bits per heavy atom. The van der Waals surface area contributed by atoms with Crippen molar-refractivity contribution in [3.63, 3.8) is 0 Å². The van der Waals surface area contributed by atoms with Crippen LogP contribution in [0.25, 0.3) is 0 Å². The van der Waals surface area contributed by atoms with Crippen molar-refractivity contribution < 1.29 is 0 Å². The van der Waals surface area contributed by atoms with Crippen LogP contribution in [0.2, 0.25) is 0 Å². The summed E-state index contributed by atoms with van der Waals surface area (Å²) in [5.74, 6) is 0. The van der Waals surface area contributed by atoms with Crippen LogP contribution in [0.1, 0.15) is 6.42 Å². The fourth-order valence-corrected chi connectivity index (χ4v) is 1.31. The van der Waals surface area contributed by atoms with Gasteiger partial charge in [0, 0.05) is 0 Å². The number of halogens is 1. The Bertz CT molecular complexity index is 301. The van der Waals surface area contributed by atoms with Gasteiger partial charge in [0.15, 0.2) is 0 Å². The minimum Gasteiger partial charge on any atom is -0.147 e. The molecule has 0 aromatic heterocycles. The molecule has 62 valence electrons. The first-order chi connectivity index (χ1) is 5.47.